The lowest BCUT2D eigenvalue weighted by Crippen LogP contribution is -2.49. The van der Waals surface area contributed by atoms with Gasteiger partial charge in [0.1, 0.15) is 6.04 Å². The number of carboxylic acid groups (broad SMARTS) is 1. The molecule has 0 bridgehead atoms. The highest BCUT2D eigenvalue weighted by atomic mass is 79.9. The number of nitrogens with two attached hydrogens (primary N) is 1. The van der Waals surface area contributed by atoms with E-state index >= 15 is 0 Å². The molecule has 0 radical (unpaired) electrons. The number of halogens is 1. The van der Waals surface area contributed by atoms with Crippen molar-refractivity contribution in [3.63, 3.8) is 0 Å². The maximum Gasteiger partial charge on any atom is 0.326 e. The summed E-state index contributed by atoms with van der Waals surface area (Å²) in [5.41, 5.74) is 5.87. The van der Waals surface area contributed by atoms with E-state index in [0.29, 0.717) is 15.7 Å². The molecule has 0 spiro atoms. The first-order valence-corrected chi connectivity index (χ1v) is 6.51. The summed E-state index contributed by atoms with van der Waals surface area (Å²) in [6, 6.07) is 3.76. The van der Waals surface area contributed by atoms with Gasteiger partial charge in [-0.2, -0.15) is 0 Å². The molecule has 0 aliphatic carbocycles. The van der Waals surface area contributed by atoms with Crippen LogP contribution in [0.5, 0.6) is 0 Å². The summed E-state index contributed by atoms with van der Waals surface area (Å²) < 4.78 is 0.689. The highest BCUT2D eigenvalue weighted by Gasteiger charge is 2.32. The molecule has 0 saturated carbocycles. The first-order valence-electron chi connectivity index (χ1n) is 5.71. The number of benzene rings is 1. The van der Waals surface area contributed by atoms with Crippen LogP contribution < -0.4 is 11.1 Å². The normalized spacial score (nSPS) is 12.8. The Morgan fingerprint density at radius 3 is 2.37 bits per heavy atom. The monoisotopic (exact) mass is 328 g/mol. The molecule has 104 valence electrons. The molecule has 0 unspecified atom stereocenters. The van der Waals surface area contributed by atoms with Crippen molar-refractivity contribution in [1.82, 2.24) is 5.32 Å². The summed E-state index contributed by atoms with van der Waals surface area (Å²) in [6.45, 7) is 5.26. The first kappa shape index (κ1) is 15.5. The molecule has 0 fully saturated rings. The summed E-state index contributed by atoms with van der Waals surface area (Å²) in [4.78, 5) is 23.2. The number of carbonyl (C=O) groups excluding carboxylic acids is 1. The number of rotatable bonds is 3. The number of amides is 1. The van der Waals surface area contributed by atoms with E-state index in [2.05, 4.69) is 21.2 Å². The van der Waals surface area contributed by atoms with E-state index in [1.54, 1.807) is 32.9 Å². The smallest absolute Gasteiger partial charge is 0.326 e. The topological polar surface area (TPSA) is 92.4 Å². The minimum Gasteiger partial charge on any atom is -0.480 e. The van der Waals surface area contributed by atoms with Crippen molar-refractivity contribution < 1.29 is 14.7 Å². The third-order valence-corrected chi connectivity index (χ3v) is 3.37. The van der Waals surface area contributed by atoms with Gasteiger partial charge in [0.2, 0.25) is 0 Å². The number of nitrogen functional groups attached to an aromatic ring is 1. The van der Waals surface area contributed by atoms with E-state index in [9.17, 15) is 9.59 Å². The van der Waals surface area contributed by atoms with Crippen LogP contribution >= 0.6 is 15.9 Å². The van der Waals surface area contributed by atoms with Crippen molar-refractivity contribution in [2.24, 2.45) is 5.41 Å². The maximum absolute atomic E-state index is 12.0. The molecule has 0 aliphatic heterocycles. The lowest BCUT2D eigenvalue weighted by atomic mass is 9.86. The van der Waals surface area contributed by atoms with E-state index in [1.807, 2.05) is 0 Å². The van der Waals surface area contributed by atoms with Crippen LogP contribution in [0.3, 0.4) is 0 Å². The zero-order valence-corrected chi connectivity index (χ0v) is 12.6. The highest BCUT2D eigenvalue weighted by Crippen LogP contribution is 2.22. The fourth-order valence-electron chi connectivity index (χ4n) is 1.55. The Morgan fingerprint density at radius 1 is 1.37 bits per heavy atom. The quantitative estimate of drug-likeness (QED) is 0.742. The summed E-state index contributed by atoms with van der Waals surface area (Å²) in [5.74, 6) is -1.52. The van der Waals surface area contributed by atoms with E-state index in [-0.39, 0.29) is 0 Å². The Kier molecular flexibility index (Phi) is 4.57. The second kappa shape index (κ2) is 5.61. The Hall–Kier alpha value is -1.56. The van der Waals surface area contributed by atoms with Crippen molar-refractivity contribution in [3.8, 4) is 0 Å². The molecule has 0 aliphatic rings. The summed E-state index contributed by atoms with van der Waals surface area (Å²) >= 11 is 3.23. The highest BCUT2D eigenvalue weighted by molar-refractivity contribution is 9.10. The van der Waals surface area contributed by atoms with Crippen LogP contribution in [-0.4, -0.2) is 23.0 Å². The van der Waals surface area contributed by atoms with Crippen LogP contribution in [-0.2, 0) is 4.79 Å². The first-order chi connectivity index (χ1) is 8.62. The summed E-state index contributed by atoms with van der Waals surface area (Å²) in [6.07, 6.45) is 0. The van der Waals surface area contributed by atoms with Gasteiger partial charge in [-0.3, -0.25) is 4.79 Å². The van der Waals surface area contributed by atoms with E-state index < -0.39 is 23.3 Å². The molecule has 5 nitrogen and oxygen atoms in total. The second-order valence-corrected chi connectivity index (χ2v) is 6.20. The van der Waals surface area contributed by atoms with Crippen molar-refractivity contribution in [2.45, 2.75) is 26.8 Å². The number of hydrogen-bond acceptors (Lipinski definition) is 3. The van der Waals surface area contributed by atoms with Gasteiger partial charge in [-0.05, 0) is 39.5 Å². The predicted octanol–water partition coefficient (Wildman–Crippen LogP) is 2.26. The van der Waals surface area contributed by atoms with Gasteiger partial charge < -0.3 is 16.2 Å². The average Bonchev–Trinajstić information content (AvgIpc) is 2.27. The fraction of sp³-hybridized carbons (Fsp3) is 0.385. The van der Waals surface area contributed by atoms with Crippen LogP contribution in [0.4, 0.5) is 5.69 Å². The minimum absolute atomic E-state index is 0.330. The van der Waals surface area contributed by atoms with E-state index in [1.165, 1.54) is 6.07 Å². The van der Waals surface area contributed by atoms with Gasteiger partial charge in [-0.25, -0.2) is 4.79 Å². The fourth-order valence-corrected chi connectivity index (χ4v) is 1.79. The third-order valence-electron chi connectivity index (χ3n) is 2.65. The van der Waals surface area contributed by atoms with Crippen molar-refractivity contribution in [1.29, 1.82) is 0 Å². The average molecular weight is 329 g/mol. The molecule has 0 heterocycles. The molecule has 1 aromatic carbocycles. The number of nitrogens with one attached hydrogen (secondary N) is 1. The van der Waals surface area contributed by atoms with Crippen molar-refractivity contribution >= 4 is 33.5 Å². The molecule has 19 heavy (non-hydrogen) atoms. The van der Waals surface area contributed by atoms with Gasteiger partial charge in [0, 0.05) is 15.7 Å². The van der Waals surface area contributed by atoms with Gasteiger partial charge in [0.05, 0.1) is 0 Å². The van der Waals surface area contributed by atoms with Crippen molar-refractivity contribution in [3.05, 3.63) is 28.2 Å². The summed E-state index contributed by atoms with van der Waals surface area (Å²) in [5, 5.41) is 11.7. The lowest BCUT2D eigenvalue weighted by Gasteiger charge is -2.27. The molecule has 0 aromatic heterocycles. The zero-order chi connectivity index (χ0) is 14.8. The van der Waals surface area contributed by atoms with E-state index in [4.69, 9.17) is 10.8 Å². The largest absolute Gasteiger partial charge is 0.480 e. The molecule has 0 saturated heterocycles. The molecule has 1 rings (SSSR count). The molecule has 1 amide bonds. The zero-order valence-electron chi connectivity index (χ0n) is 11.0. The van der Waals surface area contributed by atoms with Crippen LogP contribution in [0.25, 0.3) is 0 Å². The Morgan fingerprint density at radius 2 is 1.95 bits per heavy atom. The molecular formula is C13H17BrN2O3. The predicted molar refractivity (Wildman–Crippen MR) is 76.9 cm³/mol. The number of anilines is 1. The molecular weight excluding hydrogens is 312 g/mol. The van der Waals surface area contributed by atoms with Gasteiger partial charge in [0.15, 0.2) is 0 Å². The number of carbonyl (C=O) groups is 2. The van der Waals surface area contributed by atoms with Gasteiger partial charge >= 0.3 is 5.97 Å². The lowest BCUT2D eigenvalue weighted by molar-refractivity contribution is -0.142. The molecule has 4 N–H and O–H groups in total. The maximum atomic E-state index is 12.0. The molecule has 1 atom stereocenters. The minimum atomic E-state index is -1.06. The molecule has 1 aromatic rings. The summed E-state index contributed by atoms with van der Waals surface area (Å²) in [7, 11) is 0. The van der Waals surface area contributed by atoms with Gasteiger partial charge in [-0.15, -0.1) is 0 Å². The van der Waals surface area contributed by atoms with Crippen LogP contribution in [0.1, 0.15) is 31.1 Å². The van der Waals surface area contributed by atoms with Crippen molar-refractivity contribution in [2.75, 3.05) is 5.73 Å². The number of aliphatic carboxylic acids is 1. The van der Waals surface area contributed by atoms with Gasteiger partial charge in [-0.1, -0.05) is 20.8 Å². The molecule has 6 heteroatoms. The van der Waals surface area contributed by atoms with Crippen LogP contribution in [0.2, 0.25) is 0 Å². The second-order valence-electron chi connectivity index (χ2n) is 5.35. The standard InChI is InChI=1S/C13H17BrN2O3/c1-13(2,3)10(12(18)19)16-11(17)7-4-5-8(14)9(15)6-7/h4-6,10H,15H2,1-3H3,(H,16,17)(H,18,19)/t10-/m0/s1. The Labute approximate surface area is 120 Å². The van der Waals surface area contributed by atoms with Gasteiger partial charge in [0.25, 0.3) is 5.91 Å². The Bertz CT molecular complexity index is 509. The Balaban J connectivity index is 2.94. The number of carboxylic acids is 1. The van der Waals surface area contributed by atoms with Crippen LogP contribution in [0, 0.1) is 5.41 Å². The number of hydrogen-bond donors (Lipinski definition) is 3. The SMILES string of the molecule is CC(C)(C)[C@@H](NC(=O)c1ccc(Br)c(N)c1)C(=O)O. The third kappa shape index (κ3) is 3.96. The van der Waals surface area contributed by atoms with Crippen LogP contribution in [0.15, 0.2) is 22.7 Å². The van der Waals surface area contributed by atoms with E-state index in [0.717, 1.165) is 0 Å².